The molecule has 2 aromatic rings. The van der Waals surface area contributed by atoms with Gasteiger partial charge in [-0.2, -0.15) is 0 Å². The summed E-state index contributed by atoms with van der Waals surface area (Å²) in [5.41, 5.74) is 1.13. The van der Waals surface area contributed by atoms with Crippen LogP contribution in [0.15, 0.2) is 35.5 Å². The van der Waals surface area contributed by atoms with Crippen molar-refractivity contribution in [3.63, 3.8) is 0 Å². The van der Waals surface area contributed by atoms with E-state index in [2.05, 4.69) is 40.5 Å². The molecule has 2 atom stereocenters. The fourth-order valence-electron chi connectivity index (χ4n) is 6.46. The number of nitrogens with zero attached hydrogens (tertiary/aromatic N) is 5. The highest BCUT2D eigenvalue weighted by Crippen LogP contribution is 2.52. The minimum absolute atomic E-state index is 0.157. The number of likely N-dealkylation sites (tertiary alicyclic amines) is 1. The van der Waals surface area contributed by atoms with Crippen molar-refractivity contribution >= 4 is 40.8 Å². The Hall–Kier alpha value is -2.06. The fraction of sp³-hybridized carbons (Fsp3) is 0.577. The summed E-state index contributed by atoms with van der Waals surface area (Å²) in [6, 6.07) is 8.97. The second-order valence-electron chi connectivity index (χ2n) is 11.3. The minimum atomic E-state index is -0.200. The lowest BCUT2D eigenvalue weighted by Gasteiger charge is -2.39. The molecule has 1 amide bonds. The first-order valence-electron chi connectivity index (χ1n) is 12.3. The number of amides is 1. The standard InChI is InChI=1S/C26H33ClFN5OS/c1-25(2)13-18-14-26(3,16-25)17-33(18)23(34)15-35-24-29-21(27)12-22(30-24)32-10-8-31(9-11-32)20-7-5-4-6-19(20)28/h4-7,12,18H,8-11,13-17H2,1-3H3. The van der Waals surface area contributed by atoms with E-state index < -0.39 is 0 Å². The number of hydrogen-bond acceptors (Lipinski definition) is 6. The number of hydrogen-bond donors (Lipinski definition) is 0. The van der Waals surface area contributed by atoms with Crippen molar-refractivity contribution in [2.24, 2.45) is 10.8 Å². The van der Waals surface area contributed by atoms with Crippen molar-refractivity contribution in [2.75, 3.05) is 48.3 Å². The molecular formula is C26H33ClFN5OS. The number of thioether (sulfide) groups is 1. The van der Waals surface area contributed by atoms with Gasteiger partial charge in [0.2, 0.25) is 5.91 Å². The highest BCUT2D eigenvalue weighted by molar-refractivity contribution is 7.99. The molecule has 1 aliphatic carbocycles. The predicted octanol–water partition coefficient (Wildman–Crippen LogP) is 5.12. The van der Waals surface area contributed by atoms with Crippen molar-refractivity contribution in [1.82, 2.24) is 14.9 Å². The van der Waals surface area contributed by atoms with Crippen LogP contribution in [0.2, 0.25) is 5.15 Å². The summed E-state index contributed by atoms with van der Waals surface area (Å²) in [7, 11) is 0. The molecule has 0 spiro atoms. The van der Waals surface area contributed by atoms with Gasteiger partial charge in [-0.15, -0.1) is 0 Å². The van der Waals surface area contributed by atoms with Crippen LogP contribution in [0.3, 0.4) is 0 Å². The Kier molecular flexibility index (Phi) is 6.64. The molecule has 0 N–H and O–H groups in total. The normalized spacial score (nSPS) is 25.7. The van der Waals surface area contributed by atoms with E-state index in [0.717, 1.165) is 25.2 Å². The van der Waals surface area contributed by atoms with E-state index in [9.17, 15) is 9.18 Å². The molecule has 6 nitrogen and oxygen atoms in total. The second-order valence-corrected chi connectivity index (χ2v) is 12.6. The molecule has 3 heterocycles. The SMILES string of the molecule is CC1(C)CC2CC(C)(CN2C(=O)CSc2nc(Cl)cc(N3CCN(c4ccccc4F)CC3)n2)C1. The molecule has 3 fully saturated rings. The van der Waals surface area contributed by atoms with Crippen molar-refractivity contribution in [3.8, 4) is 0 Å². The van der Waals surface area contributed by atoms with Crippen LogP contribution in [0.5, 0.6) is 0 Å². The van der Waals surface area contributed by atoms with Gasteiger partial charge in [-0.25, -0.2) is 14.4 Å². The van der Waals surface area contributed by atoms with Gasteiger partial charge in [0.05, 0.1) is 11.4 Å². The number of carbonyl (C=O) groups is 1. The van der Waals surface area contributed by atoms with Crippen LogP contribution in [-0.4, -0.2) is 65.3 Å². The Morgan fingerprint density at radius 3 is 2.57 bits per heavy atom. The summed E-state index contributed by atoms with van der Waals surface area (Å²) >= 11 is 7.69. The Morgan fingerprint density at radius 2 is 1.83 bits per heavy atom. The second kappa shape index (κ2) is 9.43. The van der Waals surface area contributed by atoms with Crippen molar-refractivity contribution < 1.29 is 9.18 Å². The first kappa shape index (κ1) is 24.6. The quantitative estimate of drug-likeness (QED) is 0.312. The topological polar surface area (TPSA) is 52.6 Å². The maximum atomic E-state index is 14.2. The van der Waals surface area contributed by atoms with Gasteiger partial charge in [0.1, 0.15) is 16.8 Å². The third-order valence-electron chi connectivity index (χ3n) is 7.52. The molecule has 5 rings (SSSR count). The monoisotopic (exact) mass is 517 g/mol. The average Bonchev–Trinajstić information content (AvgIpc) is 3.06. The van der Waals surface area contributed by atoms with Gasteiger partial charge in [-0.1, -0.05) is 56.3 Å². The predicted molar refractivity (Wildman–Crippen MR) is 140 cm³/mol. The van der Waals surface area contributed by atoms with E-state index in [-0.39, 0.29) is 22.6 Å². The first-order valence-corrected chi connectivity index (χ1v) is 13.7. The van der Waals surface area contributed by atoms with Crippen LogP contribution in [0.1, 0.15) is 40.0 Å². The molecule has 1 saturated carbocycles. The van der Waals surface area contributed by atoms with E-state index in [1.807, 2.05) is 12.1 Å². The van der Waals surface area contributed by atoms with Gasteiger partial charge < -0.3 is 14.7 Å². The minimum Gasteiger partial charge on any atom is -0.366 e. The molecule has 9 heteroatoms. The number of para-hydroxylation sites is 1. The first-order chi connectivity index (χ1) is 16.6. The summed E-state index contributed by atoms with van der Waals surface area (Å²) in [5.74, 6) is 1.02. The van der Waals surface area contributed by atoms with Crippen LogP contribution in [0.4, 0.5) is 15.9 Å². The van der Waals surface area contributed by atoms with Crippen molar-refractivity contribution in [3.05, 3.63) is 41.3 Å². The lowest BCUT2D eigenvalue weighted by molar-refractivity contribution is -0.129. The largest absolute Gasteiger partial charge is 0.366 e. The smallest absolute Gasteiger partial charge is 0.233 e. The number of piperazine rings is 1. The van der Waals surface area contributed by atoms with Gasteiger partial charge in [0.15, 0.2) is 5.16 Å². The van der Waals surface area contributed by atoms with E-state index >= 15 is 0 Å². The van der Waals surface area contributed by atoms with Gasteiger partial charge in [0, 0.05) is 44.8 Å². The van der Waals surface area contributed by atoms with E-state index in [4.69, 9.17) is 16.6 Å². The maximum absolute atomic E-state index is 14.2. The van der Waals surface area contributed by atoms with E-state index in [1.54, 1.807) is 12.1 Å². The number of halogens is 2. The molecular weight excluding hydrogens is 485 g/mol. The summed E-state index contributed by atoms with van der Waals surface area (Å²) in [4.78, 5) is 28.5. The molecule has 0 radical (unpaired) electrons. The Labute approximate surface area is 216 Å². The third kappa shape index (κ3) is 5.38. The van der Waals surface area contributed by atoms with Gasteiger partial charge in [0.25, 0.3) is 0 Å². The summed E-state index contributed by atoms with van der Waals surface area (Å²) < 4.78 is 14.2. The highest BCUT2D eigenvalue weighted by atomic mass is 35.5. The molecule has 1 aromatic heterocycles. The number of fused-ring (bicyclic) bond motifs is 2. The molecule has 2 saturated heterocycles. The zero-order valence-corrected chi connectivity index (χ0v) is 22.2. The van der Waals surface area contributed by atoms with Gasteiger partial charge >= 0.3 is 0 Å². The number of benzene rings is 1. The van der Waals surface area contributed by atoms with Crippen LogP contribution < -0.4 is 9.80 Å². The number of aromatic nitrogens is 2. The third-order valence-corrected chi connectivity index (χ3v) is 8.54. The zero-order valence-electron chi connectivity index (χ0n) is 20.6. The number of carbonyl (C=O) groups excluding carboxylic acids is 1. The average molecular weight is 518 g/mol. The Morgan fingerprint density at radius 1 is 1.11 bits per heavy atom. The van der Waals surface area contributed by atoms with Crippen LogP contribution in [0.25, 0.3) is 0 Å². The Balaban J connectivity index is 1.20. The number of anilines is 2. The lowest BCUT2D eigenvalue weighted by Crippen LogP contribution is -2.47. The highest BCUT2D eigenvalue weighted by Gasteiger charge is 2.50. The summed E-state index contributed by atoms with van der Waals surface area (Å²) in [6.45, 7) is 10.6. The van der Waals surface area contributed by atoms with Crippen LogP contribution in [0, 0.1) is 16.6 Å². The van der Waals surface area contributed by atoms with E-state index in [0.29, 0.717) is 54.0 Å². The van der Waals surface area contributed by atoms with Crippen molar-refractivity contribution in [2.45, 2.75) is 51.2 Å². The molecule has 2 bridgehead atoms. The van der Waals surface area contributed by atoms with Crippen LogP contribution in [-0.2, 0) is 4.79 Å². The Bertz CT molecular complexity index is 1110. The molecule has 2 aliphatic heterocycles. The molecule has 2 unspecified atom stereocenters. The van der Waals surface area contributed by atoms with Crippen LogP contribution >= 0.6 is 23.4 Å². The molecule has 188 valence electrons. The summed E-state index contributed by atoms with van der Waals surface area (Å²) in [5, 5.41) is 0.888. The maximum Gasteiger partial charge on any atom is 0.233 e. The fourth-order valence-corrected chi connectivity index (χ4v) is 7.42. The number of rotatable bonds is 5. The van der Waals surface area contributed by atoms with Gasteiger partial charge in [-0.05, 0) is 42.2 Å². The lowest BCUT2D eigenvalue weighted by atomic mass is 9.65. The van der Waals surface area contributed by atoms with Gasteiger partial charge in [-0.3, -0.25) is 4.79 Å². The molecule has 35 heavy (non-hydrogen) atoms. The molecule has 1 aromatic carbocycles. The molecule has 3 aliphatic rings. The zero-order chi connectivity index (χ0) is 24.8. The van der Waals surface area contributed by atoms with E-state index in [1.165, 1.54) is 24.2 Å². The van der Waals surface area contributed by atoms with Crippen molar-refractivity contribution in [1.29, 1.82) is 0 Å². The summed E-state index contributed by atoms with van der Waals surface area (Å²) in [6.07, 6.45) is 3.33.